The number of likely N-dealkylation sites (tertiary alicyclic amines) is 1. The van der Waals surface area contributed by atoms with Gasteiger partial charge in [0.2, 0.25) is 0 Å². The van der Waals surface area contributed by atoms with Crippen LogP contribution in [0.5, 0.6) is 5.75 Å². The van der Waals surface area contributed by atoms with Crippen molar-refractivity contribution >= 4 is 11.9 Å². The Kier molecular flexibility index (Phi) is 3.46. The first-order chi connectivity index (χ1) is 8.91. The van der Waals surface area contributed by atoms with E-state index in [2.05, 4.69) is 0 Å². The number of hydrogen-bond acceptors (Lipinski definition) is 3. The SMILES string of the molecule is Cc1c(O)cccc1C(=O)N1CC(C)C(C(=O)O)C1. The summed E-state index contributed by atoms with van der Waals surface area (Å²) < 4.78 is 0. The van der Waals surface area contributed by atoms with Crippen molar-refractivity contribution in [2.45, 2.75) is 13.8 Å². The molecule has 0 aromatic heterocycles. The Labute approximate surface area is 111 Å². The van der Waals surface area contributed by atoms with E-state index in [1.807, 2.05) is 6.92 Å². The zero-order chi connectivity index (χ0) is 14.2. The van der Waals surface area contributed by atoms with Crippen molar-refractivity contribution in [3.63, 3.8) is 0 Å². The second-order valence-electron chi connectivity index (χ2n) is 5.08. The lowest BCUT2D eigenvalue weighted by atomic mass is 9.99. The van der Waals surface area contributed by atoms with Gasteiger partial charge in [-0.1, -0.05) is 13.0 Å². The lowest BCUT2D eigenvalue weighted by Gasteiger charge is -2.17. The van der Waals surface area contributed by atoms with Gasteiger partial charge in [-0.25, -0.2) is 0 Å². The minimum atomic E-state index is -0.865. The van der Waals surface area contributed by atoms with Crippen LogP contribution in [0.15, 0.2) is 18.2 Å². The molecule has 2 atom stereocenters. The van der Waals surface area contributed by atoms with Gasteiger partial charge in [-0.2, -0.15) is 0 Å². The summed E-state index contributed by atoms with van der Waals surface area (Å²) in [5.41, 5.74) is 0.956. The van der Waals surface area contributed by atoms with Crippen LogP contribution in [0.2, 0.25) is 0 Å². The van der Waals surface area contributed by atoms with Crippen molar-refractivity contribution in [3.05, 3.63) is 29.3 Å². The first-order valence-corrected chi connectivity index (χ1v) is 6.22. The van der Waals surface area contributed by atoms with Gasteiger partial charge in [-0.05, 0) is 25.0 Å². The fraction of sp³-hybridized carbons (Fsp3) is 0.429. The van der Waals surface area contributed by atoms with E-state index in [-0.39, 0.29) is 24.1 Å². The van der Waals surface area contributed by atoms with Crippen molar-refractivity contribution < 1.29 is 19.8 Å². The molecular formula is C14H17NO4. The van der Waals surface area contributed by atoms with Crippen LogP contribution in [-0.4, -0.2) is 40.1 Å². The molecule has 1 amide bonds. The Morgan fingerprint density at radius 1 is 1.32 bits per heavy atom. The minimum Gasteiger partial charge on any atom is -0.508 e. The van der Waals surface area contributed by atoms with Crippen LogP contribution < -0.4 is 0 Å². The molecule has 5 heteroatoms. The standard InChI is InChI=1S/C14H17NO4/c1-8-6-15(7-11(8)14(18)19)13(17)10-4-3-5-12(16)9(10)2/h3-5,8,11,16H,6-7H2,1-2H3,(H,18,19). The van der Waals surface area contributed by atoms with Gasteiger partial charge < -0.3 is 15.1 Å². The Morgan fingerprint density at radius 3 is 2.58 bits per heavy atom. The van der Waals surface area contributed by atoms with Crippen LogP contribution in [0.4, 0.5) is 0 Å². The fourth-order valence-electron chi connectivity index (χ4n) is 2.48. The molecule has 5 nitrogen and oxygen atoms in total. The molecule has 0 spiro atoms. The van der Waals surface area contributed by atoms with E-state index in [0.717, 1.165) is 0 Å². The molecule has 0 aliphatic carbocycles. The van der Waals surface area contributed by atoms with Crippen LogP contribution in [0.1, 0.15) is 22.8 Å². The molecule has 0 saturated carbocycles. The summed E-state index contributed by atoms with van der Waals surface area (Å²) in [4.78, 5) is 25.0. The predicted molar refractivity (Wildman–Crippen MR) is 69.0 cm³/mol. The van der Waals surface area contributed by atoms with Crippen LogP contribution in [0.3, 0.4) is 0 Å². The number of nitrogens with zero attached hydrogens (tertiary/aromatic N) is 1. The van der Waals surface area contributed by atoms with E-state index in [1.54, 1.807) is 24.0 Å². The molecule has 1 fully saturated rings. The van der Waals surface area contributed by atoms with Gasteiger partial charge in [0.1, 0.15) is 5.75 Å². The number of benzene rings is 1. The molecule has 1 aromatic rings. The third-order valence-corrected chi connectivity index (χ3v) is 3.75. The summed E-state index contributed by atoms with van der Waals surface area (Å²) in [5, 5.41) is 18.7. The number of carbonyl (C=O) groups is 2. The van der Waals surface area contributed by atoms with Gasteiger partial charge in [0.05, 0.1) is 5.92 Å². The fourth-order valence-corrected chi connectivity index (χ4v) is 2.48. The van der Waals surface area contributed by atoms with Gasteiger partial charge >= 0.3 is 5.97 Å². The van der Waals surface area contributed by atoms with E-state index in [9.17, 15) is 14.7 Å². The molecule has 2 unspecified atom stereocenters. The minimum absolute atomic E-state index is 0.0564. The summed E-state index contributed by atoms with van der Waals surface area (Å²) in [5.74, 6) is -1.58. The highest BCUT2D eigenvalue weighted by atomic mass is 16.4. The number of rotatable bonds is 2. The molecule has 1 aliphatic rings. The molecule has 19 heavy (non-hydrogen) atoms. The Bertz CT molecular complexity index is 526. The molecule has 0 radical (unpaired) electrons. The van der Waals surface area contributed by atoms with E-state index in [1.165, 1.54) is 6.07 Å². The summed E-state index contributed by atoms with van der Waals surface area (Å²) in [6.45, 7) is 4.17. The van der Waals surface area contributed by atoms with Crippen molar-refractivity contribution in [1.29, 1.82) is 0 Å². The number of aromatic hydroxyl groups is 1. The van der Waals surface area contributed by atoms with Crippen LogP contribution >= 0.6 is 0 Å². The predicted octanol–water partition coefficient (Wildman–Crippen LogP) is 1.49. The number of amides is 1. The Hall–Kier alpha value is -2.04. The summed E-state index contributed by atoms with van der Waals surface area (Å²) >= 11 is 0. The number of phenols is 1. The maximum Gasteiger partial charge on any atom is 0.308 e. The van der Waals surface area contributed by atoms with E-state index >= 15 is 0 Å². The summed E-state index contributed by atoms with van der Waals surface area (Å²) in [6.07, 6.45) is 0. The van der Waals surface area contributed by atoms with E-state index in [0.29, 0.717) is 17.7 Å². The zero-order valence-electron chi connectivity index (χ0n) is 11.0. The molecule has 1 aliphatic heterocycles. The average molecular weight is 263 g/mol. The number of phenolic OH excluding ortho intramolecular Hbond substituents is 1. The number of carboxylic acid groups (broad SMARTS) is 1. The Morgan fingerprint density at radius 2 is 2.00 bits per heavy atom. The quantitative estimate of drug-likeness (QED) is 0.847. The highest BCUT2D eigenvalue weighted by Crippen LogP contribution is 2.27. The van der Waals surface area contributed by atoms with Gasteiger partial charge in [-0.3, -0.25) is 9.59 Å². The second-order valence-corrected chi connectivity index (χ2v) is 5.08. The lowest BCUT2D eigenvalue weighted by molar-refractivity contribution is -0.142. The second kappa shape index (κ2) is 4.91. The molecule has 0 bridgehead atoms. The van der Waals surface area contributed by atoms with Gasteiger partial charge in [-0.15, -0.1) is 0 Å². The highest BCUT2D eigenvalue weighted by Gasteiger charge is 2.37. The third kappa shape index (κ3) is 2.41. The summed E-state index contributed by atoms with van der Waals surface area (Å²) in [6, 6.07) is 4.79. The lowest BCUT2D eigenvalue weighted by Crippen LogP contribution is -2.30. The first-order valence-electron chi connectivity index (χ1n) is 6.22. The molecule has 102 valence electrons. The number of hydrogen-bond donors (Lipinski definition) is 2. The van der Waals surface area contributed by atoms with Gasteiger partial charge in [0, 0.05) is 24.2 Å². The van der Waals surface area contributed by atoms with Crippen LogP contribution in [-0.2, 0) is 4.79 Å². The van der Waals surface area contributed by atoms with Crippen LogP contribution in [0, 0.1) is 18.8 Å². The van der Waals surface area contributed by atoms with Crippen molar-refractivity contribution in [1.82, 2.24) is 4.90 Å². The third-order valence-electron chi connectivity index (χ3n) is 3.75. The zero-order valence-corrected chi connectivity index (χ0v) is 11.0. The van der Waals surface area contributed by atoms with Gasteiger partial charge in [0.15, 0.2) is 0 Å². The van der Waals surface area contributed by atoms with Crippen LogP contribution in [0.25, 0.3) is 0 Å². The normalized spacial score (nSPS) is 22.5. The van der Waals surface area contributed by atoms with Crippen molar-refractivity contribution in [2.24, 2.45) is 11.8 Å². The molecule has 2 rings (SSSR count). The molecular weight excluding hydrogens is 246 g/mol. The first kappa shape index (κ1) is 13.4. The molecule has 2 N–H and O–H groups in total. The average Bonchev–Trinajstić information content (AvgIpc) is 2.74. The molecule has 1 aromatic carbocycles. The highest BCUT2D eigenvalue weighted by molar-refractivity contribution is 5.96. The van der Waals surface area contributed by atoms with Crippen molar-refractivity contribution in [3.8, 4) is 5.75 Å². The van der Waals surface area contributed by atoms with E-state index < -0.39 is 11.9 Å². The number of carbonyl (C=O) groups excluding carboxylic acids is 1. The summed E-state index contributed by atoms with van der Waals surface area (Å²) in [7, 11) is 0. The number of carboxylic acids is 1. The van der Waals surface area contributed by atoms with Gasteiger partial charge in [0.25, 0.3) is 5.91 Å². The maximum atomic E-state index is 12.4. The number of aliphatic carboxylic acids is 1. The maximum absolute atomic E-state index is 12.4. The topological polar surface area (TPSA) is 77.8 Å². The molecule has 1 heterocycles. The van der Waals surface area contributed by atoms with Crippen molar-refractivity contribution in [2.75, 3.05) is 13.1 Å². The monoisotopic (exact) mass is 263 g/mol. The smallest absolute Gasteiger partial charge is 0.308 e. The Balaban J connectivity index is 2.22. The largest absolute Gasteiger partial charge is 0.508 e. The molecule has 1 saturated heterocycles. The van der Waals surface area contributed by atoms with E-state index in [4.69, 9.17) is 5.11 Å².